The van der Waals surface area contributed by atoms with E-state index in [0.717, 1.165) is 16.8 Å². The van der Waals surface area contributed by atoms with Gasteiger partial charge in [-0.1, -0.05) is 18.2 Å². The molecule has 0 aliphatic carbocycles. The van der Waals surface area contributed by atoms with Gasteiger partial charge in [-0.3, -0.25) is 9.78 Å². The normalized spacial score (nSPS) is 18.0. The van der Waals surface area contributed by atoms with Crippen LogP contribution in [0.5, 0.6) is 0 Å². The molecule has 0 spiro atoms. The average molecular weight is 444 g/mol. The van der Waals surface area contributed by atoms with Crippen molar-refractivity contribution in [2.24, 2.45) is 5.92 Å². The van der Waals surface area contributed by atoms with Crippen molar-refractivity contribution in [2.45, 2.75) is 5.92 Å². The van der Waals surface area contributed by atoms with Crippen LogP contribution < -0.4 is 10.6 Å². The maximum atomic E-state index is 14.2. The SMILES string of the molecule is Cl.Cl.O=C(Nc1cccc2cnccc12)[C@H]1CNC[C@@H]1c1ccc(F)c(F)c1F. The summed E-state index contributed by atoms with van der Waals surface area (Å²) in [7, 11) is 0. The molecule has 9 heteroatoms. The van der Waals surface area contributed by atoms with Crippen LogP contribution in [0.3, 0.4) is 0 Å². The monoisotopic (exact) mass is 443 g/mol. The van der Waals surface area contributed by atoms with E-state index in [1.54, 1.807) is 30.6 Å². The minimum atomic E-state index is -1.51. The van der Waals surface area contributed by atoms with Gasteiger partial charge in [0.25, 0.3) is 0 Å². The van der Waals surface area contributed by atoms with Crippen molar-refractivity contribution in [2.75, 3.05) is 18.4 Å². The summed E-state index contributed by atoms with van der Waals surface area (Å²) >= 11 is 0. The van der Waals surface area contributed by atoms with E-state index in [9.17, 15) is 18.0 Å². The standard InChI is InChI=1S/C20H16F3N3O.2ClH/c21-16-5-4-13(18(22)19(16)23)14-9-25-10-15(14)20(27)26-17-3-1-2-11-8-24-7-6-12(11)17;;/h1-8,14-15,25H,9-10H2,(H,26,27);2*1H/t14-,15+;;/m1../s1. The summed E-state index contributed by atoms with van der Waals surface area (Å²) < 4.78 is 41.0. The molecule has 1 saturated heterocycles. The third-order valence-corrected chi connectivity index (χ3v) is 4.95. The lowest BCUT2D eigenvalue weighted by Gasteiger charge is -2.20. The molecule has 1 amide bonds. The third kappa shape index (κ3) is 4.32. The van der Waals surface area contributed by atoms with E-state index in [0.29, 0.717) is 18.8 Å². The number of pyridine rings is 1. The largest absolute Gasteiger partial charge is 0.325 e. The summed E-state index contributed by atoms with van der Waals surface area (Å²) in [5, 5.41) is 7.62. The first-order valence-electron chi connectivity index (χ1n) is 8.54. The Hall–Kier alpha value is -2.35. The highest BCUT2D eigenvalue weighted by molar-refractivity contribution is 6.03. The smallest absolute Gasteiger partial charge is 0.229 e. The molecule has 4 nitrogen and oxygen atoms in total. The minimum absolute atomic E-state index is 0. The van der Waals surface area contributed by atoms with Gasteiger partial charge in [0.1, 0.15) is 0 Å². The molecule has 1 aromatic heterocycles. The molecule has 0 unspecified atom stereocenters. The molecule has 29 heavy (non-hydrogen) atoms. The van der Waals surface area contributed by atoms with Gasteiger partial charge in [-0.25, -0.2) is 13.2 Å². The fourth-order valence-electron chi connectivity index (χ4n) is 3.57. The van der Waals surface area contributed by atoms with Crippen molar-refractivity contribution in [3.63, 3.8) is 0 Å². The van der Waals surface area contributed by atoms with E-state index in [4.69, 9.17) is 0 Å². The Labute approximate surface area is 177 Å². The molecule has 3 aromatic rings. The molecule has 1 aliphatic rings. The Bertz CT molecular complexity index is 1030. The Balaban J connectivity index is 0.00000150. The van der Waals surface area contributed by atoms with Crippen molar-refractivity contribution >= 4 is 47.2 Å². The zero-order valence-electron chi connectivity index (χ0n) is 15.0. The van der Waals surface area contributed by atoms with Gasteiger partial charge in [-0.15, -0.1) is 24.8 Å². The molecule has 154 valence electrons. The van der Waals surface area contributed by atoms with Gasteiger partial charge < -0.3 is 10.6 Å². The van der Waals surface area contributed by atoms with Gasteiger partial charge in [0.15, 0.2) is 17.5 Å². The van der Waals surface area contributed by atoms with E-state index >= 15 is 0 Å². The van der Waals surface area contributed by atoms with Gasteiger partial charge in [0.05, 0.1) is 5.92 Å². The van der Waals surface area contributed by atoms with Crippen LogP contribution in [0.15, 0.2) is 48.8 Å². The van der Waals surface area contributed by atoms with Crippen LogP contribution in [-0.2, 0) is 4.79 Å². The minimum Gasteiger partial charge on any atom is -0.325 e. The summed E-state index contributed by atoms with van der Waals surface area (Å²) in [5.74, 6) is -5.50. The van der Waals surface area contributed by atoms with Gasteiger partial charge in [0.2, 0.25) is 5.91 Å². The summed E-state index contributed by atoms with van der Waals surface area (Å²) in [6.45, 7) is 0.626. The number of rotatable bonds is 3. The number of hydrogen-bond acceptors (Lipinski definition) is 3. The molecule has 0 radical (unpaired) electrons. The first kappa shape index (κ1) is 22.9. The predicted octanol–water partition coefficient (Wildman–Crippen LogP) is 4.44. The van der Waals surface area contributed by atoms with Gasteiger partial charge in [0, 0.05) is 47.9 Å². The van der Waals surface area contributed by atoms with E-state index in [1.165, 1.54) is 6.07 Å². The van der Waals surface area contributed by atoms with E-state index in [1.807, 2.05) is 6.07 Å². The molecule has 4 rings (SSSR count). The van der Waals surface area contributed by atoms with Crippen molar-refractivity contribution in [3.8, 4) is 0 Å². The molecule has 0 saturated carbocycles. The lowest BCUT2D eigenvalue weighted by Crippen LogP contribution is -2.28. The van der Waals surface area contributed by atoms with E-state index in [2.05, 4.69) is 15.6 Å². The quantitative estimate of drug-likeness (QED) is 0.588. The molecule has 1 fully saturated rings. The van der Waals surface area contributed by atoms with Crippen molar-refractivity contribution in [3.05, 3.63) is 71.8 Å². The van der Waals surface area contributed by atoms with Gasteiger partial charge in [-0.2, -0.15) is 0 Å². The molecule has 1 aliphatic heterocycles. The molecular weight excluding hydrogens is 426 g/mol. The Morgan fingerprint density at radius 1 is 1.03 bits per heavy atom. The first-order valence-corrected chi connectivity index (χ1v) is 8.54. The van der Waals surface area contributed by atoms with Crippen LogP contribution in [0.4, 0.5) is 18.9 Å². The van der Waals surface area contributed by atoms with Crippen molar-refractivity contribution in [1.82, 2.24) is 10.3 Å². The molecular formula is C20H18Cl2F3N3O. The van der Waals surface area contributed by atoms with Crippen LogP contribution >= 0.6 is 24.8 Å². The highest BCUT2D eigenvalue weighted by atomic mass is 35.5. The second kappa shape index (κ2) is 9.43. The third-order valence-electron chi connectivity index (χ3n) is 4.95. The summed E-state index contributed by atoms with van der Waals surface area (Å²) in [4.78, 5) is 16.9. The number of benzene rings is 2. The second-order valence-corrected chi connectivity index (χ2v) is 6.53. The van der Waals surface area contributed by atoms with Crippen molar-refractivity contribution in [1.29, 1.82) is 0 Å². The Morgan fingerprint density at radius 3 is 2.62 bits per heavy atom. The van der Waals surface area contributed by atoms with E-state index < -0.39 is 29.3 Å². The highest BCUT2D eigenvalue weighted by Crippen LogP contribution is 2.33. The molecule has 2 atom stereocenters. The number of aromatic nitrogens is 1. The van der Waals surface area contributed by atoms with Crippen LogP contribution in [0.25, 0.3) is 10.8 Å². The molecule has 0 bridgehead atoms. The number of fused-ring (bicyclic) bond motifs is 1. The lowest BCUT2D eigenvalue weighted by molar-refractivity contribution is -0.119. The zero-order valence-corrected chi connectivity index (χ0v) is 16.6. The summed E-state index contributed by atoms with van der Waals surface area (Å²) in [5.41, 5.74) is 0.623. The fraction of sp³-hybridized carbons (Fsp3) is 0.200. The van der Waals surface area contributed by atoms with Crippen LogP contribution in [0, 0.1) is 23.4 Å². The maximum Gasteiger partial charge on any atom is 0.229 e. The summed E-state index contributed by atoms with van der Waals surface area (Å²) in [6, 6.07) is 9.35. The number of amides is 1. The number of hydrogen-bond donors (Lipinski definition) is 2. The average Bonchev–Trinajstić information content (AvgIpc) is 3.16. The Kier molecular flexibility index (Phi) is 7.46. The van der Waals surface area contributed by atoms with Gasteiger partial charge >= 0.3 is 0 Å². The predicted molar refractivity (Wildman–Crippen MR) is 110 cm³/mol. The van der Waals surface area contributed by atoms with Crippen LogP contribution in [-0.4, -0.2) is 24.0 Å². The molecule has 2 aromatic carbocycles. The van der Waals surface area contributed by atoms with Gasteiger partial charge in [-0.05, 0) is 23.8 Å². The van der Waals surface area contributed by atoms with Crippen LogP contribution in [0.2, 0.25) is 0 Å². The number of nitrogens with one attached hydrogen (secondary N) is 2. The molecule has 2 heterocycles. The number of halogens is 5. The number of carbonyl (C=O) groups excluding carboxylic acids is 1. The van der Waals surface area contributed by atoms with Crippen molar-refractivity contribution < 1.29 is 18.0 Å². The lowest BCUT2D eigenvalue weighted by atomic mass is 9.87. The first-order chi connectivity index (χ1) is 13.1. The highest BCUT2D eigenvalue weighted by Gasteiger charge is 2.36. The van der Waals surface area contributed by atoms with E-state index in [-0.39, 0.29) is 36.3 Å². The topological polar surface area (TPSA) is 54.0 Å². The maximum absolute atomic E-state index is 14.2. The fourth-order valence-corrected chi connectivity index (χ4v) is 3.57. The number of anilines is 1. The Morgan fingerprint density at radius 2 is 1.83 bits per heavy atom. The van der Waals surface area contributed by atoms with Crippen LogP contribution in [0.1, 0.15) is 11.5 Å². The zero-order chi connectivity index (χ0) is 19.0. The summed E-state index contributed by atoms with van der Waals surface area (Å²) in [6.07, 6.45) is 3.33. The number of nitrogens with zero attached hydrogens (tertiary/aromatic N) is 1. The molecule has 2 N–H and O–H groups in total. The second-order valence-electron chi connectivity index (χ2n) is 6.53. The number of carbonyl (C=O) groups is 1.